The summed E-state index contributed by atoms with van der Waals surface area (Å²) in [7, 11) is 3.60. The summed E-state index contributed by atoms with van der Waals surface area (Å²) >= 11 is 0. The first-order valence-electron chi connectivity index (χ1n) is 7.36. The Labute approximate surface area is 133 Å². The minimum Gasteiger partial charge on any atom is -0.497 e. The Kier molecular flexibility index (Phi) is 3.12. The summed E-state index contributed by atoms with van der Waals surface area (Å²) in [6.07, 6.45) is 5.75. The topological polar surface area (TPSA) is 55.7 Å². The van der Waals surface area contributed by atoms with Gasteiger partial charge in [-0.1, -0.05) is 12.1 Å². The number of aromatic nitrogens is 4. The number of H-pyrrole nitrogens is 1. The minimum absolute atomic E-state index is 0.827. The predicted octanol–water partition coefficient (Wildman–Crippen LogP) is 3.64. The van der Waals surface area contributed by atoms with Gasteiger partial charge in [0.1, 0.15) is 5.75 Å². The van der Waals surface area contributed by atoms with Crippen LogP contribution in [-0.4, -0.2) is 27.1 Å². The van der Waals surface area contributed by atoms with E-state index in [1.165, 1.54) is 0 Å². The fraction of sp³-hybridized carbons (Fsp3) is 0.111. The van der Waals surface area contributed by atoms with E-state index in [1.807, 2.05) is 48.5 Å². The molecule has 0 aliphatic carbocycles. The highest BCUT2D eigenvalue weighted by molar-refractivity contribution is 5.99. The summed E-state index contributed by atoms with van der Waals surface area (Å²) in [5, 5.41) is 12.6. The molecule has 114 valence electrons. The minimum atomic E-state index is 0.827. The maximum absolute atomic E-state index is 5.42. The molecule has 0 saturated heterocycles. The zero-order chi connectivity index (χ0) is 15.8. The van der Waals surface area contributed by atoms with Crippen LogP contribution in [0.1, 0.15) is 0 Å². The van der Waals surface area contributed by atoms with Crippen molar-refractivity contribution in [1.82, 2.24) is 20.0 Å². The van der Waals surface area contributed by atoms with Gasteiger partial charge in [0.15, 0.2) is 0 Å². The lowest BCUT2D eigenvalue weighted by molar-refractivity contribution is 0.415. The van der Waals surface area contributed by atoms with Gasteiger partial charge in [0.25, 0.3) is 0 Å². The standard InChI is InChI=1S/C18H16N4O/c1-22-11-12(9-20-22)14-7-6-13(23-2)8-16(14)15-4-3-5-18-17(15)10-19-21-18/h3-11H,1-2H3,(H,19,21). The van der Waals surface area contributed by atoms with Gasteiger partial charge in [-0.05, 0) is 41.0 Å². The van der Waals surface area contributed by atoms with Crippen LogP contribution in [0.4, 0.5) is 0 Å². The van der Waals surface area contributed by atoms with Gasteiger partial charge in [0.2, 0.25) is 0 Å². The summed E-state index contributed by atoms with van der Waals surface area (Å²) in [4.78, 5) is 0. The second-order valence-corrected chi connectivity index (χ2v) is 5.45. The SMILES string of the molecule is COc1ccc(-c2cnn(C)c2)c(-c2cccc3[nH]ncc23)c1. The highest BCUT2D eigenvalue weighted by Gasteiger charge is 2.13. The second-order valence-electron chi connectivity index (χ2n) is 5.45. The van der Waals surface area contributed by atoms with Crippen molar-refractivity contribution in [1.29, 1.82) is 0 Å². The molecular formula is C18H16N4O. The van der Waals surface area contributed by atoms with Crippen LogP contribution in [0, 0.1) is 0 Å². The number of hydrogen-bond acceptors (Lipinski definition) is 3. The van der Waals surface area contributed by atoms with Crippen molar-refractivity contribution in [3.63, 3.8) is 0 Å². The van der Waals surface area contributed by atoms with Gasteiger partial charge in [-0.3, -0.25) is 9.78 Å². The summed E-state index contributed by atoms with van der Waals surface area (Å²) in [6.45, 7) is 0. The molecule has 0 fully saturated rings. The molecule has 5 nitrogen and oxygen atoms in total. The first-order chi connectivity index (χ1) is 11.3. The fourth-order valence-corrected chi connectivity index (χ4v) is 2.89. The fourth-order valence-electron chi connectivity index (χ4n) is 2.89. The van der Waals surface area contributed by atoms with E-state index < -0.39 is 0 Å². The number of fused-ring (bicyclic) bond motifs is 1. The molecule has 0 bridgehead atoms. The number of rotatable bonds is 3. The lowest BCUT2D eigenvalue weighted by Gasteiger charge is -2.11. The first-order valence-corrected chi connectivity index (χ1v) is 7.36. The molecule has 0 aliphatic heterocycles. The molecule has 0 radical (unpaired) electrons. The third-order valence-corrected chi connectivity index (χ3v) is 4.02. The molecule has 4 aromatic rings. The van der Waals surface area contributed by atoms with Crippen LogP contribution in [0.15, 0.2) is 55.0 Å². The molecule has 0 spiro atoms. The van der Waals surface area contributed by atoms with Crippen molar-refractivity contribution in [3.8, 4) is 28.0 Å². The zero-order valence-corrected chi connectivity index (χ0v) is 12.9. The lowest BCUT2D eigenvalue weighted by atomic mass is 9.94. The largest absolute Gasteiger partial charge is 0.497 e. The van der Waals surface area contributed by atoms with Crippen LogP contribution in [0.3, 0.4) is 0 Å². The molecule has 0 amide bonds. The smallest absolute Gasteiger partial charge is 0.119 e. The van der Waals surface area contributed by atoms with Crippen molar-refractivity contribution in [2.45, 2.75) is 0 Å². The van der Waals surface area contributed by atoms with E-state index in [1.54, 1.807) is 7.11 Å². The maximum Gasteiger partial charge on any atom is 0.119 e. The predicted molar refractivity (Wildman–Crippen MR) is 90.3 cm³/mol. The van der Waals surface area contributed by atoms with E-state index in [4.69, 9.17) is 4.74 Å². The molecule has 0 atom stereocenters. The third-order valence-electron chi connectivity index (χ3n) is 4.02. The van der Waals surface area contributed by atoms with Crippen molar-refractivity contribution in [2.24, 2.45) is 7.05 Å². The molecule has 5 heteroatoms. The maximum atomic E-state index is 5.42. The normalized spacial score (nSPS) is 11.0. The average molecular weight is 304 g/mol. The molecule has 1 N–H and O–H groups in total. The number of ether oxygens (including phenoxy) is 1. The highest BCUT2D eigenvalue weighted by atomic mass is 16.5. The van der Waals surface area contributed by atoms with Gasteiger partial charge in [-0.15, -0.1) is 0 Å². The van der Waals surface area contributed by atoms with E-state index in [0.717, 1.165) is 38.9 Å². The number of aryl methyl sites for hydroxylation is 1. The Hall–Kier alpha value is -3.08. The Morgan fingerprint density at radius 1 is 1.04 bits per heavy atom. The van der Waals surface area contributed by atoms with Crippen molar-refractivity contribution >= 4 is 10.9 Å². The lowest BCUT2D eigenvalue weighted by Crippen LogP contribution is -1.89. The Morgan fingerprint density at radius 2 is 1.96 bits per heavy atom. The number of nitrogens with zero attached hydrogens (tertiary/aromatic N) is 3. The van der Waals surface area contributed by atoms with Gasteiger partial charge < -0.3 is 4.74 Å². The van der Waals surface area contributed by atoms with Crippen LogP contribution in [-0.2, 0) is 7.05 Å². The molecule has 0 aliphatic rings. The third kappa shape index (κ3) is 2.26. The van der Waals surface area contributed by atoms with E-state index in [-0.39, 0.29) is 0 Å². The molecule has 2 aromatic carbocycles. The monoisotopic (exact) mass is 304 g/mol. The van der Waals surface area contributed by atoms with Gasteiger partial charge in [0, 0.05) is 24.2 Å². The second kappa shape index (κ2) is 5.28. The van der Waals surface area contributed by atoms with E-state index in [0.29, 0.717) is 0 Å². The van der Waals surface area contributed by atoms with Crippen molar-refractivity contribution < 1.29 is 4.74 Å². The highest BCUT2D eigenvalue weighted by Crippen LogP contribution is 2.37. The van der Waals surface area contributed by atoms with Crippen LogP contribution in [0.25, 0.3) is 33.2 Å². The van der Waals surface area contributed by atoms with Gasteiger partial charge >= 0.3 is 0 Å². The first kappa shape index (κ1) is 13.6. The van der Waals surface area contributed by atoms with Gasteiger partial charge in [-0.25, -0.2) is 0 Å². The van der Waals surface area contributed by atoms with Crippen LogP contribution >= 0.6 is 0 Å². The molecule has 4 rings (SSSR count). The molecule has 0 saturated carbocycles. The van der Waals surface area contributed by atoms with Gasteiger partial charge in [0.05, 0.1) is 25.0 Å². The molecule has 0 unspecified atom stereocenters. The van der Waals surface area contributed by atoms with Gasteiger partial charge in [-0.2, -0.15) is 10.2 Å². The van der Waals surface area contributed by atoms with E-state index in [2.05, 4.69) is 33.5 Å². The summed E-state index contributed by atoms with van der Waals surface area (Å²) in [5.41, 5.74) is 5.43. The Morgan fingerprint density at radius 3 is 2.74 bits per heavy atom. The average Bonchev–Trinajstić information content (AvgIpc) is 3.22. The van der Waals surface area contributed by atoms with E-state index >= 15 is 0 Å². The Balaban J connectivity index is 2.01. The molecule has 2 aromatic heterocycles. The molecule has 23 heavy (non-hydrogen) atoms. The number of benzene rings is 2. The molecule has 2 heterocycles. The number of hydrogen-bond donors (Lipinski definition) is 1. The summed E-state index contributed by atoms with van der Waals surface area (Å²) < 4.78 is 7.23. The summed E-state index contributed by atoms with van der Waals surface area (Å²) in [6, 6.07) is 12.3. The number of nitrogens with one attached hydrogen (secondary N) is 1. The Bertz CT molecular complexity index is 984. The van der Waals surface area contributed by atoms with E-state index in [9.17, 15) is 0 Å². The van der Waals surface area contributed by atoms with Crippen LogP contribution in [0.5, 0.6) is 5.75 Å². The summed E-state index contributed by atoms with van der Waals surface area (Å²) in [5.74, 6) is 0.827. The number of methoxy groups -OCH3 is 1. The zero-order valence-electron chi connectivity index (χ0n) is 12.9. The van der Waals surface area contributed by atoms with Crippen LogP contribution in [0.2, 0.25) is 0 Å². The van der Waals surface area contributed by atoms with Crippen molar-refractivity contribution in [2.75, 3.05) is 7.11 Å². The van der Waals surface area contributed by atoms with Crippen LogP contribution < -0.4 is 4.74 Å². The molecular weight excluding hydrogens is 288 g/mol. The van der Waals surface area contributed by atoms with Crippen molar-refractivity contribution in [3.05, 3.63) is 55.0 Å². The quantitative estimate of drug-likeness (QED) is 0.628. The number of aromatic amines is 1.